The molecule has 0 bridgehead atoms. The van der Waals surface area contributed by atoms with E-state index < -0.39 is 90.5 Å². The van der Waals surface area contributed by atoms with E-state index in [1.807, 2.05) is 4.98 Å². The molecule has 3 rings (SSSR count). The fourth-order valence-corrected chi connectivity index (χ4v) is 3.97. The lowest BCUT2D eigenvalue weighted by Gasteiger charge is -2.26. The minimum absolute atomic E-state index is 0.0978. The molecule has 36 heavy (non-hydrogen) atoms. The molecule has 0 radical (unpaired) electrons. The van der Waals surface area contributed by atoms with E-state index in [2.05, 4.69) is 0 Å². The van der Waals surface area contributed by atoms with Gasteiger partial charge in [-0.05, 0) is 34.6 Å². The van der Waals surface area contributed by atoms with Gasteiger partial charge in [-0.2, -0.15) is 13.2 Å². The number of amides is 1. The average molecular weight is 523 g/mol. The number of esters is 1. The number of carbonyl (C=O) groups excluding carboxylic acids is 2. The third-order valence-electron chi connectivity index (χ3n) is 5.25. The normalized spacial score (nSPS) is 25.5. The molecule has 2 aliphatic heterocycles. The SMILES string of the molecule is CC(C)(C)OC(=O)CN(Cc1cn([C@@H]2O[C@H](CO)[C@@H]3OC(C)(C)OC32)c(=O)[nH]c1=O)C(=O)C(F)(F)F. The third kappa shape index (κ3) is 6.14. The fraction of sp³-hybridized carbons (Fsp3) is 0.714. The lowest BCUT2D eigenvalue weighted by Crippen LogP contribution is -2.46. The van der Waals surface area contributed by atoms with E-state index in [1.165, 1.54) is 20.8 Å². The first-order valence-electron chi connectivity index (χ1n) is 11.0. The summed E-state index contributed by atoms with van der Waals surface area (Å²) in [5.74, 6) is -4.59. The van der Waals surface area contributed by atoms with Crippen molar-refractivity contribution >= 4 is 11.9 Å². The van der Waals surface area contributed by atoms with Crippen LogP contribution in [-0.2, 0) is 35.1 Å². The summed E-state index contributed by atoms with van der Waals surface area (Å²) in [7, 11) is 0. The first-order valence-corrected chi connectivity index (χ1v) is 11.0. The van der Waals surface area contributed by atoms with Crippen molar-refractivity contribution in [3.05, 3.63) is 32.6 Å². The van der Waals surface area contributed by atoms with Gasteiger partial charge < -0.3 is 29.0 Å². The van der Waals surface area contributed by atoms with Gasteiger partial charge in [0.05, 0.1) is 18.7 Å². The van der Waals surface area contributed by atoms with Crippen LogP contribution in [0.25, 0.3) is 0 Å². The van der Waals surface area contributed by atoms with Crippen molar-refractivity contribution in [1.29, 1.82) is 0 Å². The maximum absolute atomic E-state index is 13.2. The van der Waals surface area contributed by atoms with Crippen molar-refractivity contribution in [2.24, 2.45) is 0 Å². The van der Waals surface area contributed by atoms with Crippen molar-refractivity contribution in [2.45, 2.75) is 83.3 Å². The number of nitrogens with zero attached hydrogens (tertiary/aromatic N) is 2. The number of H-pyrrole nitrogens is 1. The fourth-order valence-electron chi connectivity index (χ4n) is 3.97. The number of hydrogen-bond acceptors (Lipinski definition) is 9. The second kappa shape index (κ2) is 9.61. The van der Waals surface area contributed by atoms with Crippen molar-refractivity contribution in [3.63, 3.8) is 0 Å². The number of nitrogens with one attached hydrogen (secondary N) is 1. The summed E-state index contributed by atoms with van der Waals surface area (Å²) in [6.45, 7) is 5.14. The number of rotatable bonds is 6. The Morgan fingerprint density at radius 2 is 1.81 bits per heavy atom. The quantitative estimate of drug-likeness (QED) is 0.498. The lowest BCUT2D eigenvalue weighted by molar-refractivity contribution is -0.200. The molecule has 0 aromatic carbocycles. The maximum Gasteiger partial charge on any atom is 0.471 e. The Kier molecular flexibility index (Phi) is 7.43. The molecule has 12 nitrogen and oxygen atoms in total. The van der Waals surface area contributed by atoms with Crippen LogP contribution in [0.1, 0.15) is 46.4 Å². The first-order chi connectivity index (χ1) is 16.4. The van der Waals surface area contributed by atoms with E-state index in [0.717, 1.165) is 10.8 Å². The third-order valence-corrected chi connectivity index (χ3v) is 5.25. The van der Waals surface area contributed by atoms with Gasteiger partial charge in [0.25, 0.3) is 5.56 Å². The van der Waals surface area contributed by atoms with Crippen molar-refractivity contribution < 1.29 is 46.8 Å². The predicted molar refractivity (Wildman–Crippen MR) is 113 cm³/mol. The summed E-state index contributed by atoms with van der Waals surface area (Å²) >= 11 is 0. The molecule has 1 unspecified atom stereocenters. The molecule has 0 aliphatic carbocycles. The van der Waals surface area contributed by atoms with Gasteiger partial charge >= 0.3 is 23.7 Å². The number of ether oxygens (including phenoxy) is 4. The highest BCUT2D eigenvalue weighted by molar-refractivity contribution is 5.85. The molecule has 2 fully saturated rings. The number of fused-ring (bicyclic) bond motifs is 1. The molecule has 2 N–H and O–H groups in total. The minimum atomic E-state index is -5.35. The standard InChI is InChI=1S/C21H28F3N3O9/c1-19(2,3)34-12(29)8-26(17(31)21(22,23)24)6-10-7-27(18(32)25-15(10)30)16-14-13(11(9-28)33-16)35-20(4,5)36-14/h7,11,13-14,16,28H,6,8-9H2,1-5H3,(H,25,30,32)/t11-,13+,14?,16-/m1/s1. The Balaban J connectivity index is 1.95. The van der Waals surface area contributed by atoms with Crippen molar-refractivity contribution in [1.82, 2.24) is 14.5 Å². The minimum Gasteiger partial charge on any atom is -0.459 e. The molecule has 0 spiro atoms. The summed E-state index contributed by atoms with van der Waals surface area (Å²) in [6.07, 6.45) is -8.20. The number of aliphatic hydroxyl groups excluding tert-OH is 1. The van der Waals surface area contributed by atoms with Gasteiger partial charge in [0, 0.05) is 6.20 Å². The van der Waals surface area contributed by atoms with E-state index in [1.54, 1.807) is 13.8 Å². The Morgan fingerprint density at radius 3 is 2.36 bits per heavy atom. The Labute approximate surface area is 202 Å². The van der Waals surface area contributed by atoms with E-state index in [-0.39, 0.29) is 4.90 Å². The molecular weight excluding hydrogens is 495 g/mol. The second-order valence-corrected chi connectivity index (χ2v) is 9.88. The highest BCUT2D eigenvalue weighted by Crippen LogP contribution is 2.42. The smallest absolute Gasteiger partial charge is 0.459 e. The Morgan fingerprint density at radius 1 is 1.19 bits per heavy atom. The number of halogens is 3. The van der Waals surface area contributed by atoms with Crippen LogP contribution >= 0.6 is 0 Å². The van der Waals surface area contributed by atoms with Gasteiger partial charge in [-0.3, -0.25) is 23.9 Å². The van der Waals surface area contributed by atoms with Crippen molar-refractivity contribution in [2.75, 3.05) is 13.2 Å². The number of carbonyl (C=O) groups is 2. The largest absolute Gasteiger partial charge is 0.471 e. The topological polar surface area (TPSA) is 149 Å². The van der Waals surface area contributed by atoms with Crippen LogP contribution in [0, 0.1) is 0 Å². The number of aromatic amines is 1. The molecule has 202 valence electrons. The molecule has 4 atom stereocenters. The maximum atomic E-state index is 13.2. The number of alkyl halides is 3. The molecule has 2 saturated heterocycles. The zero-order valence-electron chi connectivity index (χ0n) is 20.2. The zero-order valence-corrected chi connectivity index (χ0v) is 20.2. The van der Waals surface area contributed by atoms with Gasteiger partial charge in [-0.15, -0.1) is 0 Å². The van der Waals surface area contributed by atoms with Gasteiger partial charge in [-0.25, -0.2) is 4.79 Å². The molecule has 1 amide bonds. The van der Waals surface area contributed by atoms with Gasteiger partial charge in [0.15, 0.2) is 12.0 Å². The zero-order chi connectivity index (χ0) is 27.2. The molecule has 0 saturated carbocycles. The summed E-state index contributed by atoms with van der Waals surface area (Å²) in [6, 6.07) is 0. The Hall–Kier alpha value is -2.75. The second-order valence-electron chi connectivity index (χ2n) is 9.88. The molecule has 3 heterocycles. The molecular formula is C21H28F3N3O9. The van der Waals surface area contributed by atoms with Gasteiger partial charge in [0.1, 0.15) is 30.5 Å². The number of aliphatic hydroxyl groups is 1. The predicted octanol–water partition coefficient (Wildman–Crippen LogP) is 0.179. The average Bonchev–Trinajstić information content (AvgIpc) is 3.19. The highest BCUT2D eigenvalue weighted by atomic mass is 19.4. The van der Waals surface area contributed by atoms with Crippen LogP contribution in [0.15, 0.2) is 15.8 Å². The highest BCUT2D eigenvalue weighted by Gasteiger charge is 2.56. The van der Waals surface area contributed by atoms with E-state index in [0.29, 0.717) is 0 Å². The number of hydrogen-bond donors (Lipinski definition) is 2. The molecule has 1 aromatic rings. The first kappa shape index (κ1) is 27.8. The summed E-state index contributed by atoms with van der Waals surface area (Å²) in [5.41, 5.74) is -3.52. The summed E-state index contributed by atoms with van der Waals surface area (Å²) < 4.78 is 62.7. The van der Waals surface area contributed by atoms with Crippen LogP contribution in [0.3, 0.4) is 0 Å². The van der Waals surface area contributed by atoms with Crippen LogP contribution < -0.4 is 11.2 Å². The van der Waals surface area contributed by atoms with Gasteiger partial charge in [0.2, 0.25) is 0 Å². The monoisotopic (exact) mass is 523 g/mol. The number of aromatic nitrogens is 2. The van der Waals surface area contributed by atoms with E-state index >= 15 is 0 Å². The molecule has 1 aromatic heterocycles. The summed E-state index contributed by atoms with van der Waals surface area (Å²) in [4.78, 5) is 51.3. The lowest BCUT2D eigenvalue weighted by atomic mass is 10.1. The molecule has 15 heteroatoms. The van der Waals surface area contributed by atoms with Crippen LogP contribution in [-0.4, -0.2) is 80.5 Å². The van der Waals surface area contributed by atoms with Crippen molar-refractivity contribution in [3.8, 4) is 0 Å². The van der Waals surface area contributed by atoms with Gasteiger partial charge in [-0.1, -0.05) is 0 Å². The van der Waals surface area contributed by atoms with Crippen LogP contribution in [0.2, 0.25) is 0 Å². The molecule has 2 aliphatic rings. The van der Waals surface area contributed by atoms with E-state index in [4.69, 9.17) is 18.9 Å². The van der Waals surface area contributed by atoms with Crippen LogP contribution in [0.4, 0.5) is 13.2 Å². The van der Waals surface area contributed by atoms with Crippen LogP contribution in [0.5, 0.6) is 0 Å². The summed E-state index contributed by atoms with van der Waals surface area (Å²) in [5, 5.41) is 9.64. The van der Waals surface area contributed by atoms with E-state index in [9.17, 15) is 37.5 Å². The Bertz CT molecular complexity index is 1120.